The molecule has 4 atom stereocenters. The number of alkyl halides is 2. The number of Topliss-reactive ketones (excluding diaryl/α,β-unsaturated/α-hetero) is 1. The standard InChI is InChI=1S/C28H32F2O5S/c29-28(30,25-17-19-9-5-6-11-24(19)36-25)15-14-21-20(10-3-1-2-4-12-26(32)33)22(31)18-23(21)35-27-13-7-8-16-34-27/h1,3,5-6,9,11,14-15,17,20-21,23,27H,2,4,7-8,10,12-13,16,18H2,(H,32,33)/b3-1-,15-14+/t20-,21-,23-,27?/m1/s1. The van der Waals surface area contributed by atoms with E-state index in [1.807, 2.05) is 36.4 Å². The van der Waals surface area contributed by atoms with Crippen LogP contribution in [0.5, 0.6) is 0 Å². The number of ketones is 1. The Labute approximate surface area is 213 Å². The van der Waals surface area contributed by atoms with Gasteiger partial charge < -0.3 is 14.6 Å². The zero-order chi connectivity index (χ0) is 25.5. The lowest BCUT2D eigenvalue weighted by Gasteiger charge is -2.28. The lowest BCUT2D eigenvalue weighted by Crippen LogP contribution is -2.30. The molecule has 2 aromatic rings. The maximum atomic E-state index is 15.2. The predicted molar refractivity (Wildman–Crippen MR) is 135 cm³/mol. The number of allylic oxidation sites excluding steroid dienone is 3. The number of fused-ring (bicyclic) bond motifs is 1. The van der Waals surface area contributed by atoms with E-state index >= 15 is 8.78 Å². The molecule has 2 heterocycles. The molecule has 2 fully saturated rings. The van der Waals surface area contributed by atoms with Crippen LogP contribution in [0.3, 0.4) is 0 Å². The van der Waals surface area contributed by atoms with Crippen molar-refractivity contribution in [1.29, 1.82) is 0 Å². The molecule has 1 aliphatic carbocycles. The predicted octanol–water partition coefficient (Wildman–Crippen LogP) is 6.87. The molecule has 1 unspecified atom stereocenters. The number of halogens is 2. The molecule has 194 valence electrons. The van der Waals surface area contributed by atoms with Crippen LogP contribution in [-0.2, 0) is 25.0 Å². The average Bonchev–Trinajstić information content (AvgIpc) is 3.42. The van der Waals surface area contributed by atoms with E-state index in [1.165, 1.54) is 12.1 Å². The highest BCUT2D eigenvalue weighted by Gasteiger charge is 2.43. The van der Waals surface area contributed by atoms with Crippen LogP contribution in [0, 0.1) is 11.8 Å². The van der Waals surface area contributed by atoms with Crippen LogP contribution < -0.4 is 0 Å². The number of carbonyl (C=O) groups excluding carboxylic acids is 1. The number of carboxylic acid groups (broad SMARTS) is 1. The summed E-state index contributed by atoms with van der Waals surface area (Å²) < 4.78 is 43.1. The van der Waals surface area contributed by atoms with Crippen LogP contribution in [0.15, 0.2) is 54.6 Å². The molecule has 4 rings (SSSR count). The molecule has 2 aliphatic rings. The highest BCUT2D eigenvalue weighted by Crippen LogP contribution is 2.41. The second kappa shape index (κ2) is 12.2. The molecule has 1 saturated heterocycles. The topological polar surface area (TPSA) is 72.8 Å². The van der Waals surface area contributed by atoms with E-state index in [9.17, 15) is 9.59 Å². The van der Waals surface area contributed by atoms with E-state index in [1.54, 1.807) is 0 Å². The van der Waals surface area contributed by atoms with Gasteiger partial charge in [0.15, 0.2) is 6.29 Å². The largest absolute Gasteiger partial charge is 0.481 e. The van der Waals surface area contributed by atoms with Gasteiger partial charge in [-0.15, -0.1) is 11.3 Å². The molecule has 5 nitrogen and oxygen atoms in total. The number of ether oxygens (including phenoxy) is 2. The van der Waals surface area contributed by atoms with E-state index in [-0.39, 0.29) is 23.5 Å². The van der Waals surface area contributed by atoms with Gasteiger partial charge in [-0.05, 0) is 62.1 Å². The first kappa shape index (κ1) is 26.6. The van der Waals surface area contributed by atoms with Crippen LogP contribution in [0.1, 0.15) is 56.2 Å². The number of benzene rings is 1. The molecule has 0 bridgehead atoms. The van der Waals surface area contributed by atoms with Crippen LogP contribution in [0.2, 0.25) is 0 Å². The van der Waals surface area contributed by atoms with Gasteiger partial charge in [-0.1, -0.05) is 36.4 Å². The fourth-order valence-electron chi connectivity index (χ4n) is 4.85. The third kappa shape index (κ3) is 6.87. The first-order valence-corrected chi connectivity index (χ1v) is 13.4. The molecule has 1 saturated carbocycles. The van der Waals surface area contributed by atoms with E-state index in [0.717, 1.165) is 46.8 Å². The molecule has 1 aromatic heterocycles. The Kier molecular flexibility index (Phi) is 9.04. The van der Waals surface area contributed by atoms with Crippen molar-refractivity contribution in [3.05, 3.63) is 59.5 Å². The number of hydrogen-bond donors (Lipinski definition) is 1. The fraction of sp³-hybridized carbons (Fsp3) is 0.500. The van der Waals surface area contributed by atoms with Crippen molar-refractivity contribution < 1.29 is 33.0 Å². The van der Waals surface area contributed by atoms with E-state index in [0.29, 0.717) is 25.9 Å². The third-order valence-electron chi connectivity index (χ3n) is 6.77. The SMILES string of the molecule is O=C(O)CCC/C=C\C[C@H]1C(=O)C[C@@H](OC2CCCCO2)[C@@H]1/C=C/C(F)(F)c1cc2ccccc2s1. The average molecular weight is 519 g/mol. The van der Waals surface area contributed by atoms with Gasteiger partial charge in [0.25, 0.3) is 0 Å². The molecular formula is C28H32F2O5S. The molecule has 36 heavy (non-hydrogen) atoms. The summed E-state index contributed by atoms with van der Waals surface area (Å²) in [5.74, 6) is -4.98. The maximum Gasteiger partial charge on any atom is 0.303 e. The van der Waals surface area contributed by atoms with Gasteiger partial charge in [0.2, 0.25) is 0 Å². The molecule has 0 amide bonds. The zero-order valence-corrected chi connectivity index (χ0v) is 20.9. The van der Waals surface area contributed by atoms with Crippen molar-refractivity contribution >= 4 is 33.2 Å². The Balaban J connectivity index is 1.49. The first-order chi connectivity index (χ1) is 17.3. The van der Waals surface area contributed by atoms with E-state index < -0.39 is 36.1 Å². The summed E-state index contributed by atoms with van der Waals surface area (Å²) in [6, 6.07) is 8.82. The summed E-state index contributed by atoms with van der Waals surface area (Å²) in [6.07, 6.45) is 9.60. The third-order valence-corrected chi connectivity index (χ3v) is 7.98. The Morgan fingerprint density at radius 2 is 2.08 bits per heavy atom. The smallest absolute Gasteiger partial charge is 0.303 e. The van der Waals surface area contributed by atoms with Crippen LogP contribution in [0.25, 0.3) is 10.1 Å². The number of thiophene rings is 1. The van der Waals surface area contributed by atoms with Crippen molar-refractivity contribution in [3.8, 4) is 0 Å². The van der Waals surface area contributed by atoms with E-state index in [2.05, 4.69) is 0 Å². The summed E-state index contributed by atoms with van der Waals surface area (Å²) in [7, 11) is 0. The lowest BCUT2D eigenvalue weighted by atomic mass is 9.90. The highest BCUT2D eigenvalue weighted by atomic mass is 32.1. The number of aliphatic carboxylic acids is 1. The quantitative estimate of drug-likeness (QED) is 0.260. The summed E-state index contributed by atoms with van der Waals surface area (Å²) in [4.78, 5) is 23.5. The summed E-state index contributed by atoms with van der Waals surface area (Å²) in [5, 5.41) is 9.54. The van der Waals surface area contributed by atoms with Crippen molar-refractivity contribution in [2.75, 3.05) is 6.61 Å². The molecule has 1 N–H and O–H groups in total. The van der Waals surface area contributed by atoms with Gasteiger partial charge in [-0.25, -0.2) is 0 Å². The van der Waals surface area contributed by atoms with E-state index in [4.69, 9.17) is 14.6 Å². The van der Waals surface area contributed by atoms with Crippen LogP contribution >= 0.6 is 11.3 Å². The number of hydrogen-bond acceptors (Lipinski definition) is 5. The molecule has 0 radical (unpaired) electrons. The highest BCUT2D eigenvalue weighted by molar-refractivity contribution is 7.19. The van der Waals surface area contributed by atoms with Gasteiger partial charge in [0.05, 0.1) is 11.0 Å². The second-order valence-corrected chi connectivity index (χ2v) is 10.5. The summed E-state index contributed by atoms with van der Waals surface area (Å²) in [5.41, 5.74) is 0. The molecule has 1 aliphatic heterocycles. The first-order valence-electron chi connectivity index (χ1n) is 12.6. The molecule has 8 heteroatoms. The number of carboxylic acids is 1. The lowest BCUT2D eigenvalue weighted by molar-refractivity contribution is -0.192. The Bertz CT molecular complexity index is 1070. The normalized spacial score (nSPS) is 25.4. The number of unbranched alkanes of at least 4 members (excludes halogenated alkanes) is 1. The Morgan fingerprint density at radius 3 is 2.83 bits per heavy atom. The minimum atomic E-state index is -3.17. The van der Waals surface area contributed by atoms with Crippen molar-refractivity contribution in [2.24, 2.45) is 11.8 Å². The van der Waals surface area contributed by atoms with Crippen molar-refractivity contribution in [2.45, 2.75) is 69.7 Å². The summed E-state index contributed by atoms with van der Waals surface area (Å²) in [6.45, 7) is 0.596. The van der Waals surface area contributed by atoms with Crippen LogP contribution in [0.4, 0.5) is 8.78 Å². The minimum absolute atomic E-state index is 0.00850. The number of carbonyl (C=O) groups is 2. The number of rotatable bonds is 11. The van der Waals surface area contributed by atoms with Gasteiger partial charge in [-0.3, -0.25) is 9.59 Å². The summed E-state index contributed by atoms with van der Waals surface area (Å²) >= 11 is 1.07. The molecule has 1 aromatic carbocycles. The van der Waals surface area contributed by atoms with Crippen molar-refractivity contribution in [3.63, 3.8) is 0 Å². The monoisotopic (exact) mass is 518 g/mol. The molecule has 0 spiro atoms. The minimum Gasteiger partial charge on any atom is -0.481 e. The van der Waals surface area contributed by atoms with Gasteiger partial charge in [0, 0.05) is 36.0 Å². The van der Waals surface area contributed by atoms with Crippen molar-refractivity contribution in [1.82, 2.24) is 0 Å². The van der Waals surface area contributed by atoms with Gasteiger partial charge in [0.1, 0.15) is 5.78 Å². The van der Waals surface area contributed by atoms with Gasteiger partial charge >= 0.3 is 11.9 Å². The van der Waals surface area contributed by atoms with Crippen LogP contribution in [-0.4, -0.2) is 35.9 Å². The second-order valence-electron chi connectivity index (χ2n) is 9.45. The van der Waals surface area contributed by atoms with Gasteiger partial charge in [-0.2, -0.15) is 8.78 Å². The Morgan fingerprint density at radius 1 is 1.25 bits per heavy atom. The molecular weight excluding hydrogens is 486 g/mol. The Hall–Kier alpha value is -2.42. The zero-order valence-electron chi connectivity index (χ0n) is 20.1. The maximum absolute atomic E-state index is 15.2. The fourth-order valence-corrected chi connectivity index (χ4v) is 5.87.